The Kier molecular flexibility index (Phi) is 2.82. The van der Waals surface area contributed by atoms with Gasteiger partial charge in [0.05, 0.1) is 0 Å². The van der Waals surface area contributed by atoms with Crippen LogP contribution in [0.2, 0.25) is 0 Å². The van der Waals surface area contributed by atoms with E-state index >= 15 is 0 Å². The molecule has 0 aliphatic carbocycles. The molecule has 1 aliphatic heterocycles. The van der Waals surface area contributed by atoms with E-state index in [1.165, 1.54) is 0 Å². The molecule has 0 aromatic heterocycles. The lowest BCUT2D eigenvalue weighted by Gasteiger charge is -2.31. The molecule has 102 valence electrons. The van der Waals surface area contributed by atoms with Gasteiger partial charge in [0.2, 0.25) is 10.0 Å². The van der Waals surface area contributed by atoms with Gasteiger partial charge < -0.3 is 0 Å². The van der Waals surface area contributed by atoms with Crippen molar-refractivity contribution in [2.75, 3.05) is 5.75 Å². The van der Waals surface area contributed by atoms with Crippen LogP contribution < -0.4 is 4.13 Å². The molecule has 0 saturated carbocycles. The Morgan fingerprint density at radius 3 is 1.82 bits per heavy atom. The first-order chi connectivity index (χ1) is 7.16. The maximum atomic E-state index is 13.3. The van der Waals surface area contributed by atoms with Gasteiger partial charge in [-0.15, -0.1) is 4.13 Å². The van der Waals surface area contributed by atoms with Crippen molar-refractivity contribution in [1.29, 1.82) is 0 Å². The number of sulfonamides is 2. The maximum absolute atomic E-state index is 13.3. The number of nitrogens with one attached hydrogen (secondary N) is 1. The van der Waals surface area contributed by atoms with E-state index in [2.05, 4.69) is 0 Å². The minimum absolute atomic E-state index is 0.368. The monoisotopic (exact) mass is 303 g/mol. The minimum atomic E-state index is -6.11. The van der Waals surface area contributed by atoms with Crippen molar-refractivity contribution < 1.29 is 38.8 Å². The molecule has 0 amide bonds. The molecule has 1 N–H and O–H groups in total. The molecule has 17 heavy (non-hydrogen) atoms. The van der Waals surface area contributed by atoms with E-state index in [1.54, 1.807) is 0 Å². The lowest BCUT2D eigenvalue weighted by atomic mass is 10.0. The minimum Gasteiger partial charge on any atom is -0.229 e. The van der Waals surface area contributed by atoms with Crippen LogP contribution in [0.5, 0.6) is 0 Å². The van der Waals surface area contributed by atoms with Crippen molar-refractivity contribution >= 4 is 20.0 Å². The Balaban J connectivity index is 3.66. The van der Waals surface area contributed by atoms with E-state index in [9.17, 15) is 38.8 Å². The third-order valence-electron chi connectivity index (χ3n) is 2.18. The smallest absolute Gasteiger partial charge is 0.229 e. The Morgan fingerprint density at radius 2 is 1.41 bits per heavy atom. The summed E-state index contributed by atoms with van der Waals surface area (Å²) in [5.41, 5.74) is -4.85. The summed E-state index contributed by atoms with van der Waals surface area (Å²) in [4.78, 5) is 0. The van der Waals surface area contributed by atoms with Crippen molar-refractivity contribution in [3.05, 3.63) is 0 Å². The van der Waals surface area contributed by atoms with Gasteiger partial charge in [-0.2, -0.15) is 8.78 Å². The van der Waals surface area contributed by atoms with E-state index < -0.39 is 42.6 Å². The van der Waals surface area contributed by atoms with E-state index in [-0.39, 0.29) is 6.92 Å². The molecule has 1 saturated heterocycles. The van der Waals surface area contributed by atoms with Crippen molar-refractivity contribution in [3.63, 3.8) is 0 Å². The average molecular weight is 303 g/mol. The molecule has 1 unspecified atom stereocenters. The molecule has 12 heteroatoms. The van der Waals surface area contributed by atoms with Crippen LogP contribution >= 0.6 is 0 Å². The number of hydrogen-bond donors (Lipinski definition) is 1. The largest absolute Gasteiger partial charge is 0.398 e. The van der Waals surface area contributed by atoms with Gasteiger partial charge >= 0.3 is 11.2 Å². The molecule has 0 aromatic rings. The van der Waals surface area contributed by atoms with Crippen molar-refractivity contribution in [1.82, 2.24) is 4.13 Å². The Hall–Kier alpha value is -0.490. The highest BCUT2D eigenvalue weighted by Gasteiger charge is 2.76. The van der Waals surface area contributed by atoms with Crippen LogP contribution in [-0.4, -0.2) is 39.4 Å². The van der Waals surface area contributed by atoms with Gasteiger partial charge in [0.15, 0.2) is 0 Å². The fourth-order valence-electron chi connectivity index (χ4n) is 1.09. The summed E-state index contributed by atoms with van der Waals surface area (Å²) < 4.78 is 109. The molecular formula is C5H6F5NO4S2. The van der Waals surface area contributed by atoms with Crippen LogP contribution in [-0.2, 0) is 20.0 Å². The highest BCUT2D eigenvalue weighted by atomic mass is 32.3. The first-order valence-corrected chi connectivity index (χ1v) is 7.00. The zero-order chi connectivity index (χ0) is 13.9. The van der Waals surface area contributed by atoms with Gasteiger partial charge in [0.1, 0.15) is 5.75 Å². The summed E-state index contributed by atoms with van der Waals surface area (Å²) in [7, 11) is -11.4. The normalized spacial score (nSPS) is 38.2. The lowest BCUT2D eigenvalue weighted by molar-refractivity contribution is -0.192. The van der Waals surface area contributed by atoms with Crippen LogP contribution in [0.3, 0.4) is 0 Å². The molecule has 0 aromatic carbocycles. The molecule has 1 heterocycles. The van der Waals surface area contributed by atoms with Crippen LogP contribution in [0.25, 0.3) is 0 Å². The molecule has 0 bridgehead atoms. The van der Waals surface area contributed by atoms with E-state index in [0.29, 0.717) is 4.13 Å². The summed E-state index contributed by atoms with van der Waals surface area (Å²) in [6, 6.07) is 0. The molecule has 0 radical (unpaired) electrons. The van der Waals surface area contributed by atoms with Gasteiger partial charge in [0, 0.05) is 0 Å². The molecular weight excluding hydrogens is 297 g/mol. The predicted octanol–water partition coefficient (Wildman–Crippen LogP) is 0.206. The summed E-state index contributed by atoms with van der Waals surface area (Å²) in [5, 5.41) is -5.59. The highest BCUT2D eigenvalue weighted by Crippen LogP contribution is 2.48. The van der Waals surface area contributed by atoms with Crippen molar-refractivity contribution in [2.45, 2.75) is 23.8 Å². The summed E-state index contributed by atoms with van der Waals surface area (Å²) in [6.45, 7) is -0.368. The number of halogens is 5. The first-order valence-electron chi connectivity index (χ1n) is 3.87. The first kappa shape index (κ1) is 14.6. The van der Waals surface area contributed by atoms with Gasteiger partial charge in [-0.25, -0.2) is 30.0 Å². The molecule has 1 fully saturated rings. The second kappa shape index (κ2) is 3.29. The summed E-state index contributed by atoms with van der Waals surface area (Å²) >= 11 is 0. The zero-order valence-corrected chi connectivity index (χ0v) is 9.68. The van der Waals surface area contributed by atoms with Crippen LogP contribution in [0.1, 0.15) is 6.92 Å². The quantitative estimate of drug-likeness (QED) is 0.649. The molecule has 1 aliphatic rings. The predicted molar refractivity (Wildman–Crippen MR) is 45.2 cm³/mol. The van der Waals surface area contributed by atoms with Crippen molar-refractivity contribution in [2.24, 2.45) is 0 Å². The van der Waals surface area contributed by atoms with Gasteiger partial charge in [0.25, 0.3) is 15.7 Å². The topological polar surface area (TPSA) is 80.3 Å². The highest BCUT2D eigenvalue weighted by molar-refractivity contribution is 8.05. The van der Waals surface area contributed by atoms with Crippen LogP contribution in [0.15, 0.2) is 0 Å². The molecule has 0 spiro atoms. The van der Waals surface area contributed by atoms with E-state index in [4.69, 9.17) is 0 Å². The maximum Gasteiger partial charge on any atom is 0.398 e. The molecule has 5 nitrogen and oxygen atoms in total. The van der Waals surface area contributed by atoms with Crippen molar-refractivity contribution in [3.8, 4) is 0 Å². The number of rotatable bonds is 0. The zero-order valence-electron chi connectivity index (χ0n) is 8.05. The van der Waals surface area contributed by atoms with Gasteiger partial charge in [-0.05, 0) is 6.92 Å². The molecule has 1 rings (SSSR count). The molecule has 1 atom stereocenters. The van der Waals surface area contributed by atoms with Gasteiger partial charge in [-0.1, -0.05) is 0 Å². The Bertz CT molecular complexity index is 537. The Labute approximate surface area is 93.1 Å². The lowest BCUT2D eigenvalue weighted by Crippen LogP contribution is -2.59. The fraction of sp³-hybridized carbons (Fsp3) is 1.00. The number of hydrogen-bond acceptors (Lipinski definition) is 4. The SMILES string of the molecule is CC1(F)C(F)(F)CS(=O)(=O)NS(=O)(=O)C1(F)F. The second-order valence-electron chi connectivity index (χ2n) is 3.57. The average Bonchev–Trinajstić information content (AvgIpc) is 1.98. The Morgan fingerprint density at radius 1 is 1.00 bits per heavy atom. The third-order valence-corrected chi connectivity index (χ3v) is 5.87. The summed E-state index contributed by atoms with van der Waals surface area (Å²) in [5.74, 6) is -7.45. The summed E-state index contributed by atoms with van der Waals surface area (Å²) in [6.07, 6.45) is 0. The number of alkyl halides is 5. The third kappa shape index (κ3) is 1.91. The van der Waals surface area contributed by atoms with Crippen LogP contribution in [0, 0.1) is 0 Å². The standard InChI is InChI=1S/C5H6F5NO4S2/c1-3(6)4(7,8)2-16(12,13)11-17(14,15)5(3,9)10/h11H,2H2,1H3. The fourth-order valence-corrected chi connectivity index (χ4v) is 4.48. The second-order valence-corrected chi connectivity index (χ2v) is 7.27. The van der Waals surface area contributed by atoms with Gasteiger partial charge in [-0.3, -0.25) is 0 Å². The van der Waals surface area contributed by atoms with Crippen LogP contribution in [0.4, 0.5) is 22.0 Å². The van der Waals surface area contributed by atoms with E-state index in [0.717, 1.165) is 0 Å². The van der Waals surface area contributed by atoms with E-state index in [1.807, 2.05) is 0 Å².